The van der Waals surface area contributed by atoms with Crippen molar-refractivity contribution in [1.29, 1.82) is 0 Å². The Hall–Kier alpha value is -3.77. The molecule has 0 radical (unpaired) electrons. The summed E-state index contributed by atoms with van der Waals surface area (Å²) in [6.07, 6.45) is 5.22. The summed E-state index contributed by atoms with van der Waals surface area (Å²) in [6, 6.07) is 10.9. The Morgan fingerprint density at radius 2 is 1.85 bits per heavy atom. The highest BCUT2D eigenvalue weighted by Gasteiger charge is 2.44. The molecule has 1 saturated carbocycles. The minimum atomic E-state index is -0.928. The van der Waals surface area contributed by atoms with Crippen LogP contribution in [0.4, 0.5) is 0 Å². The maximum Gasteiger partial charge on any atom is 0.307 e. The Balaban J connectivity index is 1.21. The van der Waals surface area contributed by atoms with E-state index in [1.54, 1.807) is 16.0 Å². The van der Waals surface area contributed by atoms with Crippen molar-refractivity contribution in [1.82, 2.24) is 19.7 Å². The van der Waals surface area contributed by atoms with Crippen molar-refractivity contribution in [2.75, 3.05) is 26.2 Å². The van der Waals surface area contributed by atoms with E-state index in [9.17, 15) is 24.3 Å². The minimum Gasteiger partial charge on any atom is -0.488 e. The molecule has 12 heteroatoms. The zero-order chi connectivity index (χ0) is 32.8. The SMILES string of the molecule is Cc1ncc(C(=O)N2CCC(Oc3ccc(Br)c4c3[C@@H](CN3Cc5ccccc5C3=O)N(C(=O)C3CCCC[C@H]3C(=O)O)CC4)C2)s1. The number of hydrogen-bond donors (Lipinski definition) is 1. The minimum absolute atomic E-state index is 0.0539. The molecule has 4 heterocycles. The molecule has 3 aromatic rings. The molecule has 3 aliphatic heterocycles. The molecule has 1 aromatic heterocycles. The fourth-order valence-corrected chi connectivity index (χ4v) is 9.04. The van der Waals surface area contributed by atoms with Gasteiger partial charge in [0.2, 0.25) is 5.91 Å². The van der Waals surface area contributed by atoms with Crippen molar-refractivity contribution in [3.8, 4) is 5.75 Å². The van der Waals surface area contributed by atoms with Crippen molar-refractivity contribution in [3.05, 3.63) is 79.2 Å². The number of rotatable bonds is 7. The Bertz CT molecular complexity index is 1740. The molecular weight excluding hydrogens is 684 g/mol. The average Bonchev–Trinajstić information content (AvgIpc) is 3.81. The highest BCUT2D eigenvalue weighted by Crippen LogP contribution is 2.44. The third-order valence-electron chi connectivity index (χ3n) is 10.1. The standard InChI is InChI=1S/C35H37BrN4O6S/c1-20-37-16-30(47-20)34(43)38-14-12-22(18-38)46-29-11-10-27(36)26-13-15-40(33(42)24-8-4-5-9-25(24)35(44)45)28(31(26)29)19-39-17-21-6-2-3-7-23(21)32(39)41/h2-3,6-7,10-11,16,22,24-25,28H,4-5,8-9,12-15,17-19H2,1H3,(H,44,45)/t22?,24?,25-,28-/m1/s1. The molecule has 2 fully saturated rings. The number of thiazole rings is 1. The lowest BCUT2D eigenvalue weighted by Crippen LogP contribution is -2.50. The molecule has 3 amide bonds. The topological polar surface area (TPSA) is 120 Å². The average molecular weight is 722 g/mol. The maximum absolute atomic E-state index is 14.4. The molecule has 2 unspecified atom stereocenters. The number of carboxylic acids is 1. The quantitative estimate of drug-likeness (QED) is 0.343. The van der Waals surface area contributed by atoms with Gasteiger partial charge in [0.05, 0.1) is 35.6 Å². The van der Waals surface area contributed by atoms with Gasteiger partial charge in [-0.3, -0.25) is 19.2 Å². The summed E-state index contributed by atoms with van der Waals surface area (Å²) in [5, 5.41) is 10.9. The lowest BCUT2D eigenvalue weighted by Gasteiger charge is -2.43. The number of carbonyl (C=O) groups is 4. The summed E-state index contributed by atoms with van der Waals surface area (Å²) < 4.78 is 7.60. The number of ether oxygens (including phenoxy) is 1. The summed E-state index contributed by atoms with van der Waals surface area (Å²) in [6.45, 7) is 3.97. The fraction of sp³-hybridized carbons (Fsp3) is 0.457. The monoisotopic (exact) mass is 720 g/mol. The van der Waals surface area contributed by atoms with Gasteiger partial charge in [0.1, 0.15) is 16.7 Å². The second-order valence-corrected chi connectivity index (χ2v) is 15.0. The number of nitrogens with zero attached hydrogens (tertiary/aromatic N) is 4. The second-order valence-electron chi connectivity index (χ2n) is 12.9. The van der Waals surface area contributed by atoms with Gasteiger partial charge in [-0.05, 0) is 55.5 Å². The first kappa shape index (κ1) is 31.8. The summed E-state index contributed by atoms with van der Waals surface area (Å²) in [5.41, 5.74) is 3.47. The second kappa shape index (κ2) is 13.0. The van der Waals surface area contributed by atoms with Gasteiger partial charge in [-0.1, -0.05) is 47.0 Å². The van der Waals surface area contributed by atoms with Gasteiger partial charge in [-0.2, -0.15) is 0 Å². The number of aromatic nitrogens is 1. The molecule has 47 heavy (non-hydrogen) atoms. The van der Waals surface area contributed by atoms with E-state index in [1.165, 1.54) is 11.3 Å². The third kappa shape index (κ3) is 6.06. The zero-order valence-corrected chi connectivity index (χ0v) is 28.6. The number of carbonyl (C=O) groups excluding carboxylic acids is 3. The van der Waals surface area contributed by atoms with Crippen LogP contribution in [-0.4, -0.2) is 80.8 Å². The third-order valence-corrected chi connectivity index (χ3v) is 11.7. The molecule has 0 bridgehead atoms. The van der Waals surface area contributed by atoms with Crippen LogP contribution >= 0.6 is 27.3 Å². The number of halogens is 1. The largest absolute Gasteiger partial charge is 0.488 e. The summed E-state index contributed by atoms with van der Waals surface area (Å²) in [7, 11) is 0. The first-order chi connectivity index (χ1) is 22.7. The summed E-state index contributed by atoms with van der Waals surface area (Å²) in [5.74, 6) is -1.94. The fourth-order valence-electron chi connectivity index (χ4n) is 7.75. The van der Waals surface area contributed by atoms with Gasteiger partial charge < -0.3 is 24.5 Å². The molecule has 0 spiro atoms. The number of benzene rings is 2. The summed E-state index contributed by atoms with van der Waals surface area (Å²) in [4.78, 5) is 63.7. The molecule has 246 valence electrons. The smallest absolute Gasteiger partial charge is 0.307 e. The number of amides is 3. The lowest BCUT2D eigenvalue weighted by molar-refractivity contribution is -0.153. The van der Waals surface area contributed by atoms with Crippen LogP contribution in [0.5, 0.6) is 5.75 Å². The number of hydrogen-bond acceptors (Lipinski definition) is 7. The van der Waals surface area contributed by atoms with Gasteiger partial charge in [-0.25, -0.2) is 4.98 Å². The Morgan fingerprint density at radius 3 is 2.60 bits per heavy atom. The first-order valence-electron chi connectivity index (χ1n) is 16.3. The molecule has 4 aliphatic rings. The van der Waals surface area contributed by atoms with E-state index in [0.29, 0.717) is 68.1 Å². The maximum atomic E-state index is 14.4. The Morgan fingerprint density at radius 1 is 1.06 bits per heavy atom. The molecule has 10 nitrogen and oxygen atoms in total. The van der Waals surface area contributed by atoms with Crippen LogP contribution in [0.1, 0.15) is 79.9 Å². The van der Waals surface area contributed by atoms with Crippen LogP contribution in [-0.2, 0) is 22.6 Å². The molecule has 1 N–H and O–H groups in total. The van der Waals surface area contributed by atoms with Crippen LogP contribution in [0.15, 0.2) is 47.1 Å². The van der Waals surface area contributed by atoms with Gasteiger partial charge in [0, 0.05) is 48.2 Å². The molecule has 7 rings (SSSR count). The van der Waals surface area contributed by atoms with Gasteiger partial charge in [0.25, 0.3) is 11.8 Å². The number of aryl methyl sites for hydroxylation is 1. The van der Waals surface area contributed by atoms with Crippen LogP contribution in [0.2, 0.25) is 0 Å². The van der Waals surface area contributed by atoms with Crippen molar-refractivity contribution in [3.63, 3.8) is 0 Å². The molecule has 1 aliphatic carbocycles. The predicted molar refractivity (Wildman–Crippen MR) is 178 cm³/mol. The van der Waals surface area contributed by atoms with Crippen molar-refractivity contribution in [2.45, 2.75) is 64.1 Å². The molecule has 4 atom stereocenters. The molecular formula is C35H37BrN4O6S. The normalized spacial score (nSPS) is 23.9. The number of carboxylic acid groups (broad SMARTS) is 1. The van der Waals surface area contributed by atoms with E-state index in [2.05, 4.69) is 20.9 Å². The van der Waals surface area contributed by atoms with E-state index in [0.717, 1.165) is 39.0 Å². The van der Waals surface area contributed by atoms with Crippen molar-refractivity contribution >= 4 is 51.0 Å². The van der Waals surface area contributed by atoms with E-state index < -0.39 is 23.8 Å². The zero-order valence-electron chi connectivity index (χ0n) is 26.2. The van der Waals surface area contributed by atoms with Crippen LogP contribution in [0.25, 0.3) is 0 Å². The van der Waals surface area contributed by atoms with E-state index in [-0.39, 0.29) is 30.4 Å². The van der Waals surface area contributed by atoms with E-state index in [1.807, 2.05) is 48.2 Å². The van der Waals surface area contributed by atoms with Crippen molar-refractivity contribution in [2.24, 2.45) is 11.8 Å². The number of aliphatic carboxylic acids is 1. The highest BCUT2D eigenvalue weighted by molar-refractivity contribution is 9.10. The van der Waals surface area contributed by atoms with E-state index >= 15 is 0 Å². The Kier molecular flexibility index (Phi) is 8.82. The first-order valence-corrected chi connectivity index (χ1v) is 17.9. The Labute approximate surface area is 285 Å². The van der Waals surface area contributed by atoms with Gasteiger partial charge >= 0.3 is 5.97 Å². The van der Waals surface area contributed by atoms with Gasteiger partial charge in [-0.15, -0.1) is 11.3 Å². The van der Waals surface area contributed by atoms with Gasteiger partial charge in [0.15, 0.2) is 0 Å². The number of fused-ring (bicyclic) bond motifs is 2. The van der Waals surface area contributed by atoms with Crippen LogP contribution in [0.3, 0.4) is 0 Å². The summed E-state index contributed by atoms with van der Waals surface area (Å²) >= 11 is 5.13. The van der Waals surface area contributed by atoms with Crippen LogP contribution in [0, 0.1) is 18.8 Å². The predicted octanol–water partition coefficient (Wildman–Crippen LogP) is 5.48. The van der Waals surface area contributed by atoms with E-state index in [4.69, 9.17) is 4.74 Å². The number of likely N-dealkylation sites (tertiary alicyclic amines) is 1. The lowest BCUT2D eigenvalue weighted by atomic mass is 9.77. The van der Waals surface area contributed by atoms with Crippen LogP contribution < -0.4 is 4.74 Å². The molecule has 1 saturated heterocycles. The molecule has 2 aromatic carbocycles. The highest BCUT2D eigenvalue weighted by atomic mass is 79.9. The van der Waals surface area contributed by atoms with Crippen molar-refractivity contribution < 1.29 is 29.0 Å².